The number of rotatable bonds is 5. The Morgan fingerprint density at radius 1 is 1.47 bits per heavy atom. The van der Waals surface area contributed by atoms with E-state index >= 15 is 0 Å². The molecular weight excluding hydrogens is 262 g/mol. The number of aromatic nitrogens is 2. The summed E-state index contributed by atoms with van der Waals surface area (Å²) in [6, 6.07) is 6.01. The molecule has 2 rings (SSSR count). The maximum absolute atomic E-state index is 11.8. The van der Waals surface area contributed by atoms with Crippen LogP contribution in [0.4, 0.5) is 0 Å². The highest BCUT2D eigenvalue weighted by Crippen LogP contribution is 2.18. The van der Waals surface area contributed by atoms with E-state index in [4.69, 9.17) is 11.6 Å². The number of hydrogen-bond acceptors (Lipinski definition) is 2. The van der Waals surface area contributed by atoms with Crippen LogP contribution in [-0.2, 0) is 17.2 Å². The summed E-state index contributed by atoms with van der Waals surface area (Å²) < 4.78 is 1.88. The summed E-state index contributed by atoms with van der Waals surface area (Å²) in [7, 11) is 0. The predicted octanol–water partition coefficient (Wildman–Crippen LogP) is 2.61. The average molecular weight is 280 g/mol. The van der Waals surface area contributed by atoms with Gasteiger partial charge in [-0.05, 0) is 31.0 Å². The van der Waals surface area contributed by atoms with Gasteiger partial charge in [0.2, 0.25) is 5.91 Å². The van der Waals surface area contributed by atoms with Crippen LogP contribution in [0.25, 0.3) is 11.0 Å². The molecule has 1 heterocycles. The second-order valence-corrected chi connectivity index (χ2v) is 4.86. The fourth-order valence-corrected chi connectivity index (χ4v) is 2.24. The molecule has 0 bridgehead atoms. The number of benzene rings is 1. The second kappa shape index (κ2) is 6.06. The Bertz CT molecular complexity index is 592. The van der Waals surface area contributed by atoms with E-state index in [-0.39, 0.29) is 12.5 Å². The summed E-state index contributed by atoms with van der Waals surface area (Å²) in [6.45, 7) is 5.01. The molecule has 0 saturated heterocycles. The molecule has 1 aromatic carbocycles. The minimum atomic E-state index is -0.00640. The van der Waals surface area contributed by atoms with Crippen molar-refractivity contribution in [3.63, 3.8) is 0 Å². The van der Waals surface area contributed by atoms with Crippen molar-refractivity contribution in [1.82, 2.24) is 14.9 Å². The van der Waals surface area contributed by atoms with Gasteiger partial charge >= 0.3 is 0 Å². The molecule has 0 saturated carbocycles. The van der Waals surface area contributed by atoms with E-state index < -0.39 is 0 Å². The zero-order valence-corrected chi connectivity index (χ0v) is 12.0. The highest BCUT2D eigenvalue weighted by Gasteiger charge is 2.12. The third-order valence-corrected chi connectivity index (χ3v) is 3.22. The fraction of sp³-hybridized carbons (Fsp3) is 0.429. The minimum Gasteiger partial charge on any atom is -0.355 e. The van der Waals surface area contributed by atoms with Crippen LogP contribution in [0.5, 0.6) is 0 Å². The second-order valence-electron chi connectivity index (χ2n) is 4.59. The molecule has 1 amide bonds. The molecule has 0 aliphatic carbocycles. The summed E-state index contributed by atoms with van der Waals surface area (Å²) in [6.07, 6.45) is 0.929. The molecule has 102 valence electrons. The Morgan fingerprint density at radius 3 is 2.95 bits per heavy atom. The third-order valence-electron chi connectivity index (χ3n) is 2.98. The van der Waals surface area contributed by atoms with Gasteiger partial charge in [-0.2, -0.15) is 0 Å². The first kappa shape index (κ1) is 13.9. The molecule has 1 N–H and O–H groups in total. The van der Waals surface area contributed by atoms with Crippen LogP contribution in [0.15, 0.2) is 18.2 Å². The van der Waals surface area contributed by atoms with Gasteiger partial charge in [-0.1, -0.05) is 13.0 Å². The number of carbonyl (C=O) groups excluding carboxylic acids is 1. The first-order valence-electron chi connectivity index (χ1n) is 6.44. The van der Waals surface area contributed by atoms with Crippen LogP contribution >= 0.6 is 11.6 Å². The number of nitrogens with one attached hydrogen (secondary N) is 1. The first-order chi connectivity index (χ1) is 9.15. The number of alkyl halides is 1. The summed E-state index contributed by atoms with van der Waals surface area (Å²) in [4.78, 5) is 16.3. The van der Waals surface area contributed by atoms with Crippen molar-refractivity contribution in [2.75, 3.05) is 6.54 Å². The number of hydrogen-bond donors (Lipinski definition) is 1. The van der Waals surface area contributed by atoms with Gasteiger partial charge in [0.1, 0.15) is 12.4 Å². The van der Waals surface area contributed by atoms with Gasteiger partial charge < -0.3 is 9.88 Å². The van der Waals surface area contributed by atoms with Crippen molar-refractivity contribution in [1.29, 1.82) is 0 Å². The molecule has 0 spiro atoms. The topological polar surface area (TPSA) is 46.9 Å². The SMILES string of the molecule is CCCNC(=O)Cn1c(CCl)nc2cc(C)ccc21. The van der Waals surface area contributed by atoms with Crippen molar-refractivity contribution in [3.8, 4) is 0 Å². The van der Waals surface area contributed by atoms with Crippen LogP contribution in [0.1, 0.15) is 24.7 Å². The molecule has 0 radical (unpaired) electrons. The largest absolute Gasteiger partial charge is 0.355 e. The van der Waals surface area contributed by atoms with E-state index in [1.54, 1.807) is 0 Å². The van der Waals surface area contributed by atoms with Crippen LogP contribution in [0, 0.1) is 6.92 Å². The van der Waals surface area contributed by atoms with Crippen molar-refractivity contribution in [3.05, 3.63) is 29.6 Å². The normalized spacial score (nSPS) is 10.9. The Hall–Kier alpha value is -1.55. The fourth-order valence-electron chi connectivity index (χ4n) is 2.03. The summed E-state index contributed by atoms with van der Waals surface area (Å²) in [5.74, 6) is 1.02. The smallest absolute Gasteiger partial charge is 0.240 e. The molecule has 4 nitrogen and oxygen atoms in total. The number of fused-ring (bicyclic) bond motifs is 1. The van der Waals surface area contributed by atoms with E-state index in [0.717, 1.165) is 28.8 Å². The number of aryl methyl sites for hydroxylation is 1. The van der Waals surface area contributed by atoms with Crippen molar-refractivity contribution in [2.24, 2.45) is 0 Å². The van der Waals surface area contributed by atoms with Crippen LogP contribution in [0.3, 0.4) is 0 Å². The summed E-state index contributed by atoms with van der Waals surface area (Å²) >= 11 is 5.92. The van der Waals surface area contributed by atoms with Crippen LogP contribution < -0.4 is 5.32 Å². The van der Waals surface area contributed by atoms with Gasteiger partial charge in [-0.3, -0.25) is 4.79 Å². The highest BCUT2D eigenvalue weighted by atomic mass is 35.5. The highest BCUT2D eigenvalue weighted by molar-refractivity contribution is 6.16. The summed E-state index contributed by atoms with van der Waals surface area (Å²) in [5.41, 5.74) is 2.99. The van der Waals surface area contributed by atoms with Gasteiger partial charge in [-0.25, -0.2) is 4.98 Å². The first-order valence-corrected chi connectivity index (χ1v) is 6.97. The molecular formula is C14H18ClN3O. The van der Waals surface area contributed by atoms with E-state index in [1.807, 2.05) is 36.6 Å². The van der Waals surface area contributed by atoms with Gasteiger partial charge in [0.15, 0.2) is 0 Å². The van der Waals surface area contributed by atoms with E-state index in [1.165, 1.54) is 0 Å². The molecule has 1 aromatic heterocycles. The van der Waals surface area contributed by atoms with Crippen LogP contribution in [-0.4, -0.2) is 22.0 Å². The maximum atomic E-state index is 11.8. The van der Waals surface area contributed by atoms with Crippen molar-refractivity contribution in [2.45, 2.75) is 32.7 Å². The monoisotopic (exact) mass is 279 g/mol. The molecule has 19 heavy (non-hydrogen) atoms. The molecule has 0 unspecified atom stereocenters. The van der Waals surface area contributed by atoms with Crippen molar-refractivity contribution < 1.29 is 4.79 Å². The molecule has 2 aromatic rings. The maximum Gasteiger partial charge on any atom is 0.240 e. The Morgan fingerprint density at radius 2 is 2.26 bits per heavy atom. The molecule has 5 heteroatoms. The Balaban J connectivity index is 2.32. The van der Waals surface area contributed by atoms with E-state index in [0.29, 0.717) is 12.4 Å². The Labute approximate surface area is 117 Å². The lowest BCUT2D eigenvalue weighted by molar-refractivity contribution is -0.121. The third kappa shape index (κ3) is 3.07. The predicted molar refractivity (Wildman–Crippen MR) is 77.3 cm³/mol. The lowest BCUT2D eigenvalue weighted by Crippen LogP contribution is -2.28. The number of amides is 1. The lowest BCUT2D eigenvalue weighted by atomic mass is 10.2. The zero-order valence-electron chi connectivity index (χ0n) is 11.2. The van der Waals surface area contributed by atoms with Gasteiger partial charge in [0.05, 0.1) is 16.9 Å². The van der Waals surface area contributed by atoms with Crippen molar-refractivity contribution >= 4 is 28.5 Å². The number of carbonyl (C=O) groups is 1. The number of halogens is 1. The van der Waals surface area contributed by atoms with Gasteiger partial charge in [-0.15, -0.1) is 11.6 Å². The van der Waals surface area contributed by atoms with Gasteiger partial charge in [0.25, 0.3) is 0 Å². The lowest BCUT2D eigenvalue weighted by Gasteiger charge is -2.08. The standard InChI is InChI=1S/C14H18ClN3O/c1-3-6-16-14(19)9-18-12-5-4-10(2)7-11(12)17-13(18)8-15/h4-5,7H,3,6,8-9H2,1-2H3,(H,16,19). The zero-order chi connectivity index (χ0) is 13.8. The van der Waals surface area contributed by atoms with E-state index in [2.05, 4.69) is 10.3 Å². The minimum absolute atomic E-state index is 0.00640. The number of nitrogens with zero attached hydrogens (tertiary/aromatic N) is 2. The Kier molecular flexibility index (Phi) is 4.43. The molecule has 0 aliphatic rings. The summed E-state index contributed by atoms with van der Waals surface area (Å²) in [5, 5.41) is 2.87. The average Bonchev–Trinajstić information content (AvgIpc) is 2.73. The van der Waals surface area contributed by atoms with Gasteiger partial charge in [0, 0.05) is 6.54 Å². The molecule has 0 fully saturated rings. The van der Waals surface area contributed by atoms with Crippen LogP contribution in [0.2, 0.25) is 0 Å². The van der Waals surface area contributed by atoms with E-state index in [9.17, 15) is 4.79 Å². The quantitative estimate of drug-likeness (QED) is 0.855. The molecule has 0 aliphatic heterocycles. The molecule has 0 atom stereocenters. The number of imidazole rings is 1.